The van der Waals surface area contributed by atoms with Crippen LogP contribution in [0.25, 0.3) is 6.08 Å². The molecule has 0 bridgehead atoms. The number of hydrogen-bond donors (Lipinski definition) is 0. The molecule has 1 aliphatic rings. The van der Waals surface area contributed by atoms with Crippen LogP contribution in [0.1, 0.15) is 11.1 Å². The molecule has 3 aromatic rings. The van der Waals surface area contributed by atoms with E-state index in [1.807, 2.05) is 65.6 Å². The fourth-order valence-corrected chi connectivity index (χ4v) is 3.30. The molecule has 1 fully saturated rings. The highest BCUT2D eigenvalue weighted by Gasteiger charge is 2.20. The molecule has 4 rings (SSSR count). The topological polar surface area (TPSA) is 58.6 Å². The van der Waals surface area contributed by atoms with Gasteiger partial charge in [0, 0.05) is 44.6 Å². The van der Waals surface area contributed by atoms with Gasteiger partial charge in [-0.05, 0) is 35.4 Å². The van der Waals surface area contributed by atoms with Gasteiger partial charge in [0.25, 0.3) is 0 Å². The second kappa shape index (κ2) is 9.69. The van der Waals surface area contributed by atoms with Crippen LogP contribution in [0.15, 0.2) is 79.1 Å². The predicted molar refractivity (Wildman–Crippen MR) is 117 cm³/mol. The Morgan fingerprint density at radius 1 is 0.933 bits per heavy atom. The van der Waals surface area contributed by atoms with Gasteiger partial charge in [0.1, 0.15) is 12.4 Å². The van der Waals surface area contributed by atoms with Crippen LogP contribution in [0.4, 0.5) is 5.95 Å². The highest BCUT2D eigenvalue weighted by atomic mass is 16.5. The molecule has 0 N–H and O–H groups in total. The number of rotatable bonds is 6. The Morgan fingerprint density at radius 3 is 2.47 bits per heavy atom. The zero-order valence-electron chi connectivity index (χ0n) is 16.7. The van der Waals surface area contributed by atoms with E-state index in [-0.39, 0.29) is 5.91 Å². The number of hydrogen-bond acceptors (Lipinski definition) is 5. The van der Waals surface area contributed by atoms with E-state index >= 15 is 0 Å². The van der Waals surface area contributed by atoms with Gasteiger partial charge in [-0.3, -0.25) is 4.79 Å². The third kappa shape index (κ3) is 5.23. The molecule has 2 heterocycles. The van der Waals surface area contributed by atoms with Gasteiger partial charge < -0.3 is 14.5 Å². The van der Waals surface area contributed by atoms with Crippen LogP contribution in [-0.4, -0.2) is 47.0 Å². The summed E-state index contributed by atoms with van der Waals surface area (Å²) in [5, 5.41) is 0. The van der Waals surface area contributed by atoms with E-state index in [4.69, 9.17) is 4.74 Å². The molecule has 0 unspecified atom stereocenters. The summed E-state index contributed by atoms with van der Waals surface area (Å²) in [5.74, 6) is 1.51. The number of nitrogens with zero attached hydrogens (tertiary/aromatic N) is 4. The minimum absolute atomic E-state index is 0.0132. The van der Waals surface area contributed by atoms with Gasteiger partial charge in [-0.15, -0.1) is 0 Å². The van der Waals surface area contributed by atoms with Gasteiger partial charge >= 0.3 is 0 Å². The third-order valence-corrected chi connectivity index (χ3v) is 4.95. The van der Waals surface area contributed by atoms with Crippen molar-refractivity contribution in [2.24, 2.45) is 0 Å². The molecule has 0 spiro atoms. The molecule has 6 heteroatoms. The zero-order chi connectivity index (χ0) is 20.6. The number of amides is 1. The van der Waals surface area contributed by atoms with Crippen molar-refractivity contribution in [3.05, 3.63) is 90.3 Å². The van der Waals surface area contributed by atoms with Crippen LogP contribution in [0, 0.1) is 0 Å². The van der Waals surface area contributed by atoms with Gasteiger partial charge in [-0.2, -0.15) is 0 Å². The lowest BCUT2D eigenvalue weighted by Gasteiger charge is -2.34. The Balaban J connectivity index is 1.30. The van der Waals surface area contributed by atoms with E-state index < -0.39 is 0 Å². The maximum absolute atomic E-state index is 12.6. The van der Waals surface area contributed by atoms with Crippen LogP contribution in [-0.2, 0) is 11.4 Å². The quantitative estimate of drug-likeness (QED) is 0.594. The van der Waals surface area contributed by atoms with Gasteiger partial charge in [0.05, 0.1) is 0 Å². The third-order valence-electron chi connectivity index (χ3n) is 4.95. The molecule has 1 aromatic heterocycles. The lowest BCUT2D eigenvalue weighted by atomic mass is 10.2. The Kier molecular flexibility index (Phi) is 6.35. The number of ether oxygens (including phenoxy) is 1. The average Bonchev–Trinajstić information content (AvgIpc) is 2.83. The number of aromatic nitrogens is 2. The number of carbonyl (C=O) groups is 1. The molecule has 2 aromatic carbocycles. The highest BCUT2D eigenvalue weighted by Crippen LogP contribution is 2.17. The first-order valence-corrected chi connectivity index (χ1v) is 10.0. The number of anilines is 1. The standard InChI is InChI=1S/C24H24N4O2/c29-23(27-14-16-28(17-15-27)24-25-12-5-13-26-24)11-10-20-8-4-9-22(18-20)30-19-21-6-2-1-3-7-21/h1-13,18H,14-17,19H2/b11-10+. The summed E-state index contributed by atoms with van der Waals surface area (Å²) in [6.45, 7) is 3.28. The van der Waals surface area contributed by atoms with Crippen LogP contribution in [0.3, 0.4) is 0 Å². The second-order valence-electron chi connectivity index (χ2n) is 7.04. The van der Waals surface area contributed by atoms with E-state index in [1.165, 1.54) is 0 Å². The summed E-state index contributed by atoms with van der Waals surface area (Å²) in [4.78, 5) is 25.1. The van der Waals surface area contributed by atoms with Crippen molar-refractivity contribution in [2.45, 2.75) is 6.61 Å². The van der Waals surface area contributed by atoms with Crippen LogP contribution in [0.2, 0.25) is 0 Å². The number of piperazine rings is 1. The van der Waals surface area contributed by atoms with Gasteiger partial charge in [0.15, 0.2) is 0 Å². The molecular formula is C24H24N4O2. The van der Waals surface area contributed by atoms with E-state index in [2.05, 4.69) is 14.9 Å². The van der Waals surface area contributed by atoms with Gasteiger partial charge in [-0.1, -0.05) is 42.5 Å². The van der Waals surface area contributed by atoms with E-state index in [0.717, 1.165) is 30.0 Å². The minimum Gasteiger partial charge on any atom is -0.489 e. The first kappa shape index (κ1) is 19.6. The van der Waals surface area contributed by atoms with Crippen molar-refractivity contribution >= 4 is 17.9 Å². The van der Waals surface area contributed by atoms with Crippen molar-refractivity contribution in [3.63, 3.8) is 0 Å². The summed E-state index contributed by atoms with van der Waals surface area (Å²) in [6, 6.07) is 19.6. The Hall–Kier alpha value is -3.67. The first-order valence-electron chi connectivity index (χ1n) is 10.0. The van der Waals surface area contributed by atoms with Crippen LogP contribution in [0.5, 0.6) is 5.75 Å². The summed E-state index contributed by atoms with van der Waals surface area (Å²) in [6.07, 6.45) is 6.94. The number of benzene rings is 2. The van der Waals surface area contributed by atoms with Crippen molar-refractivity contribution < 1.29 is 9.53 Å². The van der Waals surface area contributed by atoms with Gasteiger partial charge in [0.2, 0.25) is 11.9 Å². The molecule has 1 aliphatic heterocycles. The smallest absolute Gasteiger partial charge is 0.246 e. The average molecular weight is 400 g/mol. The Labute approximate surface area is 176 Å². The van der Waals surface area contributed by atoms with Crippen molar-refractivity contribution in [2.75, 3.05) is 31.1 Å². The summed E-state index contributed by atoms with van der Waals surface area (Å²) < 4.78 is 5.86. The molecular weight excluding hydrogens is 376 g/mol. The van der Waals surface area contributed by atoms with Gasteiger partial charge in [-0.25, -0.2) is 9.97 Å². The lowest BCUT2D eigenvalue weighted by molar-refractivity contribution is -0.126. The molecule has 1 saturated heterocycles. The molecule has 30 heavy (non-hydrogen) atoms. The predicted octanol–water partition coefficient (Wildman–Crippen LogP) is 3.42. The SMILES string of the molecule is O=C(/C=C/c1cccc(OCc2ccccc2)c1)N1CCN(c2ncccn2)CC1. The van der Waals surface area contributed by atoms with Crippen molar-refractivity contribution in [3.8, 4) is 5.75 Å². The largest absolute Gasteiger partial charge is 0.489 e. The second-order valence-corrected chi connectivity index (χ2v) is 7.04. The molecule has 0 saturated carbocycles. The number of carbonyl (C=O) groups excluding carboxylic acids is 1. The maximum Gasteiger partial charge on any atom is 0.246 e. The molecule has 0 radical (unpaired) electrons. The van der Waals surface area contributed by atoms with Crippen LogP contribution >= 0.6 is 0 Å². The van der Waals surface area contributed by atoms with E-state index in [9.17, 15) is 4.79 Å². The van der Waals surface area contributed by atoms with Crippen molar-refractivity contribution in [1.29, 1.82) is 0 Å². The van der Waals surface area contributed by atoms with Crippen molar-refractivity contribution in [1.82, 2.24) is 14.9 Å². The zero-order valence-corrected chi connectivity index (χ0v) is 16.7. The monoisotopic (exact) mass is 400 g/mol. The summed E-state index contributed by atoms with van der Waals surface area (Å²) in [7, 11) is 0. The fourth-order valence-electron chi connectivity index (χ4n) is 3.30. The minimum atomic E-state index is 0.0132. The van der Waals surface area contributed by atoms with E-state index in [1.54, 1.807) is 24.5 Å². The highest BCUT2D eigenvalue weighted by molar-refractivity contribution is 5.92. The van der Waals surface area contributed by atoms with E-state index in [0.29, 0.717) is 25.6 Å². The fraction of sp³-hybridized carbons (Fsp3) is 0.208. The normalized spacial score (nSPS) is 14.1. The lowest BCUT2D eigenvalue weighted by Crippen LogP contribution is -2.48. The first-order chi connectivity index (χ1) is 14.8. The molecule has 6 nitrogen and oxygen atoms in total. The molecule has 0 atom stereocenters. The Bertz CT molecular complexity index is 984. The molecule has 1 amide bonds. The summed E-state index contributed by atoms with van der Waals surface area (Å²) in [5.41, 5.74) is 2.05. The molecule has 0 aliphatic carbocycles. The maximum atomic E-state index is 12.6. The summed E-state index contributed by atoms with van der Waals surface area (Å²) >= 11 is 0. The Morgan fingerprint density at radius 2 is 1.70 bits per heavy atom. The molecule has 152 valence electrons. The van der Waals surface area contributed by atoms with Crippen LogP contribution < -0.4 is 9.64 Å².